The second-order valence-electron chi connectivity index (χ2n) is 2.18. The first-order valence-corrected chi connectivity index (χ1v) is 4.53. The van der Waals surface area contributed by atoms with Gasteiger partial charge in [0.25, 0.3) is 0 Å². The number of rotatable bonds is 5. The van der Waals surface area contributed by atoms with Gasteiger partial charge in [-0.3, -0.25) is 4.79 Å². The normalized spacial score (nSPS) is 12.6. The fraction of sp³-hybridized carbons (Fsp3) is 0.857. The molecule has 66 valence electrons. The quantitative estimate of drug-likeness (QED) is 0.501. The van der Waals surface area contributed by atoms with Gasteiger partial charge in [-0.05, 0) is 6.42 Å². The molecule has 0 spiro atoms. The molecule has 0 aromatic rings. The molecule has 0 bridgehead atoms. The van der Waals surface area contributed by atoms with Crippen LogP contribution in [0.3, 0.4) is 0 Å². The molecule has 0 aromatic carbocycles. The zero-order valence-corrected chi connectivity index (χ0v) is 7.99. The predicted octanol–water partition coefficient (Wildman–Crippen LogP) is 2.18. The minimum atomic E-state index is -0.266. The molecular formula is C7H12Cl2O2. The fourth-order valence-corrected chi connectivity index (χ4v) is 0.656. The van der Waals surface area contributed by atoms with Crippen LogP contribution in [0.25, 0.3) is 0 Å². The molecular weight excluding hydrogens is 187 g/mol. The molecule has 0 aliphatic rings. The average molecular weight is 199 g/mol. The first-order chi connectivity index (χ1) is 5.20. The van der Waals surface area contributed by atoms with Crippen LogP contribution in [0.4, 0.5) is 0 Å². The summed E-state index contributed by atoms with van der Waals surface area (Å²) in [6.45, 7) is 2.13. The Hall–Kier alpha value is 0.0500. The highest BCUT2D eigenvalue weighted by Crippen LogP contribution is 2.00. The van der Waals surface area contributed by atoms with Crippen molar-refractivity contribution < 1.29 is 9.53 Å². The van der Waals surface area contributed by atoms with Crippen LogP contribution >= 0.6 is 23.2 Å². The van der Waals surface area contributed by atoms with Gasteiger partial charge in [0.1, 0.15) is 6.61 Å². The maximum absolute atomic E-state index is 10.7. The second-order valence-corrected chi connectivity index (χ2v) is 3.11. The smallest absolute Gasteiger partial charge is 0.305 e. The van der Waals surface area contributed by atoms with Crippen LogP contribution in [0, 0.1) is 0 Å². The Morgan fingerprint density at radius 3 is 2.73 bits per heavy atom. The SMILES string of the molecule is CCCC(=O)OC[C@@H](Cl)CCl. The van der Waals surface area contributed by atoms with Crippen molar-refractivity contribution in [3.8, 4) is 0 Å². The monoisotopic (exact) mass is 198 g/mol. The maximum Gasteiger partial charge on any atom is 0.305 e. The molecule has 4 heteroatoms. The molecule has 0 fully saturated rings. The van der Waals surface area contributed by atoms with Crippen LogP contribution in [0.15, 0.2) is 0 Å². The summed E-state index contributed by atoms with van der Waals surface area (Å²) in [7, 11) is 0. The lowest BCUT2D eigenvalue weighted by Gasteiger charge is -2.05. The summed E-state index contributed by atoms with van der Waals surface area (Å²) in [5.41, 5.74) is 0. The Bertz CT molecular complexity index is 117. The molecule has 0 saturated heterocycles. The van der Waals surface area contributed by atoms with Gasteiger partial charge >= 0.3 is 5.97 Å². The van der Waals surface area contributed by atoms with Crippen molar-refractivity contribution >= 4 is 29.2 Å². The Labute approximate surface area is 76.8 Å². The third kappa shape index (κ3) is 6.45. The number of hydrogen-bond donors (Lipinski definition) is 0. The summed E-state index contributed by atoms with van der Waals surface area (Å²) in [6, 6.07) is 0. The molecule has 0 radical (unpaired) electrons. The van der Waals surface area contributed by atoms with E-state index >= 15 is 0 Å². The topological polar surface area (TPSA) is 26.3 Å². The van der Waals surface area contributed by atoms with Crippen molar-refractivity contribution in [3.05, 3.63) is 0 Å². The van der Waals surface area contributed by atoms with Gasteiger partial charge in [-0.15, -0.1) is 23.2 Å². The number of halogens is 2. The van der Waals surface area contributed by atoms with Gasteiger partial charge in [0, 0.05) is 12.3 Å². The van der Waals surface area contributed by atoms with Crippen LogP contribution < -0.4 is 0 Å². The predicted molar refractivity (Wildman–Crippen MR) is 46.2 cm³/mol. The molecule has 0 aliphatic carbocycles. The standard InChI is InChI=1S/C7H12Cl2O2/c1-2-3-7(10)11-5-6(9)4-8/h6H,2-5H2,1H3/t6-/m0/s1. The van der Waals surface area contributed by atoms with E-state index in [0.29, 0.717) is 12.3 Å². The Morgan fingerprint density at radius 2 is 2.27 bits per heavy atom. The minimum Gasteiger partial charge on any atom is -0.464 e. The molecule has 0 rings (SSSR count). The second kappa shape index (κ2) is 6.74. The van der Waals surface area contributed by atoms with Gasteiger partial charge in [-0.25, -0.2) is 0 Å². The van der Waals surface area contributed by atoms with E-state index in [1.54, 1.807) is 0 Å². The van der Waals surface area contributed by atoms with E-state index in [1.807, 2.05) is 6.92 Å². The first kappa shape index (κ1) is 11.1. The van der Waals surface area contributed by atoms with Gasteiger partial charge in [-0.1, -0.05) is 6.92 Å². The largest absolute Gasteiger partial charge is 0.464 e. The zero-order valence-electron chi connectivity index (χ0n) is 6.48. The number of alkyl halides is 2. The Balaban J connectivity index is 3.30. The summed E-state index contributed by atoms with van der Waals surface area (Å²) in [5, 5.41) is -0.266. The highest BCUT2D eigenvalue weighted by Gasteiger charge is 2.06. The van der Waals surface area contributed by atoms with Gasteiger partial charge in [-0.2, -0.15) is 0 Å². The lowest BCUT2D eigenvalue weighted by Crippen LogP contribution is -2.14. The molecule has 0 aromatic heterocycles. The molecule has 1 atom stereocenters. The van der Waals surface area contributed by atoms with E-state index in [0.717, 1.165) is 6.42 Å². The van der Waals surface area contributed by atoms with Gasteiger partial charge < -0.3 is 4.74 Å². The number of hydrogen-bond acceptors (Lipinski definition) is 2. The molecule has 0 N–H and O–H groups in total. The van der Waals surface area contributed by atoms with Gasteiger partial charge in [0.05, 0.1) is 5.38 Å². The Morgan fingerprint density at radius 1 is 1.64 bits per heavy atom. The molecule has 0 heterocycles. The Kier molecular flexibility index (Phi) is 6.77. The third-order valence-electron chi connectivity index (χ3n) is 1.05. The van der Waals surface area contributed by atoms with Crippen LogP contribution in [0.5, 0.6) is 0 Å². The summed E-state index contributed by atoms with van der Waals surface area (Å²) in [6.07, 6.45) is 1.25. The molecule has 0 unspecified atom stereocenters. The van der Waals surface area contributed by atoms with E-state index in [2.05, 4.69) is 0 Å². The van der Waals surface area contributed by atoms with Crippen molar-refractivity contribution in [1.29, 1.82) is 0 Å². The van der Waals surface area contributed by atoms with Crippen molar-refractivity contribution in [2.75, 3.05) is 12.5 Å². The number of carbonyl (C=O) groups excluding carboxylic acids is 1. The third-order valence-corrected chi connectivity index (χ3v) is 1.86. The highest BCUT2D eigenvalue weighted by molar-refractivity contribution is 6.28. The van der Waals surface area contributed by atoms with E-state index in [-0.39, 0.29) is 18.0 Å². The zero-order chi connectivity index (χ0) is 8.69. The van der Waals surface area contributed by atoms with Gasteiger partial charge in [0.2, 0.25) is 0 Å². The van der Waals surface area contributed by atoms with E-state index in [4.69, 9.17) is 27.9 Å². The van der Waals surface area contributed by atoms with Crippen molar-refractivity contribution in [3.63, 3.8) is 0 Å². The van der Waals surface area contributed by atoms with Gasteiger partial charge in [0.15, 0.2) is 0 Å². The van der Waals surface area contributed by atoms with Crippen LogP contribution in [-0.2, 0) is 9.53 Å². The lowest BCUT2D eigenvalue weighted by atomic mass is 10.3. The lowest BCUT2D eigenvalue weighted by molar-refractivity contribution is -0.143. The van der Waals surface area contributed by atoms with E-state index in [9.17, 15) is 4.79 Å². The van der Waals surface area contributed by atoms with E-state index in [1.165, 1.54) is 0 Å². The molecule has 0 aliphatic heterocycles. The van der Waals surface area contributed by atoms with Crippen LogP contribution in [0.1, 0.15) is 19.8 Å². The average Bonchev–Trinajstić information content (AvgIpc) is 2.01. The first-order valence-electron chi connectivity index (χ1n) is 3.56. The van der Waals surface area contributed by atoms with Crippen molar-refractivity contribution in [1.82, 2.24) is 0 Å². The number of ether oxygens (including phenoxy) is 1. The summed E-state index contributed by atoms with van der Waals surface area (Å²) < 4.78 is 4.78. The summed E-state index contributed by atoms with van der Waals surface area (Å²) in [4.78, 5) is 10.7. The highest BCUT2D eigenvalue weighted by atomic mass is 35.5. The molecule has 0 amide bonds. The molecule has 2 nitrogen and oxygen atoms in total. The number of esters is 1. The summed E-state index contributed by atoms with van der Waals surface area (Å²) in [5.74, 6) is 0.101. The fourth-order valence-electron chi connectivity index (χ4n) is 0.504. The maximum atomic E-state index is 10.7. The molecule has 0 saturated carbocycles. The van der Waals surface area contributed by atoms with Crippen molar-refractivity contribution in [2.45, 2.75) is 25.1 Å². The minimum absolute atomic E-state index is 0.205. The van der Waals surface area contributed by atoms with Crippen LogP contribution in [0.2, 0.25) is 0 Å². The molecule has 11 heavy (non-hydrogen) atoms. The number of carbonyl (C=O) groups is 1. The summed E-state index contributed by atoms with van der Waals surface area (Å²) >= 11 is 11.0. The van der Waals surface area contributed by atoms with Crippen molar-refractivity contribution in [2.24, 2.45) is 0 Å². The van der Waals surface area contributed by atoms with E-state index < -0.39 is 0 Å². The van der Waals surface area contributed by atoms with Crippen LogP contribution in [-0.4, -0.2) is 23.8 Å².